The summed E-state index contributed by atoms with van der Waals surface area (Å²) in [4.78, 5) is 39.0. The van der Waals surface area contributed by atoms with Gasteiger partial charge in [-0.3, -0.25) is 9.59 Å². The monoisotopic (exact) mass is 325 g/mol. The molecule has 0 unspecified atom stereocenters. The van der Waals surface area contributed by atoms with E-state index >= 15 is 0 Å². The molecule has 1 heterocycles. The van der Waals surface area contributed by atoms with E-state index in [4.69, 9.17) is 4.74 Å². The Bertz CT molecular complexity index is 823. The van der Waals surface area contributed by atoms with Crippen LogP contribution in [0.15, 0.2) is 41.2 Å². The number of nitrogens with one attached hydrogen (secondary N) is 1. The van der Waals surface area contributed by atoms with Crippen molar-refractivity contribution in [3.05, 3.63) is 69.1 Å². The van der Waals surface area contributed by atoms with Crippen LogP contribution in [-0.2, 0) is 17.6 Å². The summed E-state index contributed by atoms with van der Waals surface area (Å²) in [6.45, 7) is 1.78. The van der Waals surface area contributed by atoms with E-state index in [1.807, 2.05) is 30.3 Å². The Balaban J connectivity index is 1.76. The SMILES string of the molecule is C[C@H](Cc1ccccc1)OC(=O)c1cc2c([nH]c1=O)CCCC2=O. The van der Waals surface area contributed by atoms with Crippen molar-refractivity contribution in [1.82, 2.24) is 4.98 Å². The minimum atomic E-state index is -0.694. The van der Waals surface area contributed by atoms with Gasteiger partial charge in [-0.15, -0.1) is 0 Å². The number of pyridine rings is 1. The van der Waals surface area contributed by atoms with E-state index in [-0.39, 0.29) is 17.5 Å². The highest BCUT2D eigenvalue weighted by Gasteiger charge is 2.23. The lowest BCUT2D eigenvalue weighted by Gasteiger charge is -2.16. The van der Waals surface area contributed by atoms with Crippen LogP contribution >= 0.6 is 0 Å². The van der Waals surface area contributed by atoms with Gasteiger partial charge in [0.1, 0.15) is 11.7 Å². The molecule has 5 heteroatoms. The number of ketones is 1. The summed E-state index contributed by atoms with van der Waals surface area (Å²) in [7, 11) is 0. The lowest BCUT2D eigenvalue weighted by Crippen LogP contribution is -2.27. The predicted octanol–water partition coefficient (Wildman–Crippen LogP) is 2.68. The molecule has 1 aromatic heterocycles. The van der Waals surface area contributed by atoms with Gasteiger partial charge in [0.15, 0.2) is 5.78 Å². The number of rotatable bonds is 4. The van der Waals surface area contributed by atoms with Gasteiger partial charge in [0.25, 0.3) is 5.56 Å². The second-order valence-electron chi connectivity index (χ2n) is 6.09. The van der Waals surface area contributed by atoms with E-state index in [2.05, 4.69) is 4.98 Å². The molecule has 0 spiro atoms. The van der Waals surface area contributed by atoms with Crippen molar-refractivity contribution >= 4 is 11.8 Å². The fourth-order valence-corrected chi connectivity index (χ4v) is 2.96. The van der Waals surface area contributed by atoms with Crippen LogP contribution in [0.2, 0.25) is 0 Å². The summed E-state index contributed by atoms with van der Waals surface area (Å²) in [6.07, 6.45) is 2.01. The first-order chi connectivity index (χ1) is 11.5. The minimum Gasteiger partial charge on any atom is -0.459 e. The number of H-pyrrole nitrogens is 1. The number of carbonyl (C=O) groups is 2. The Kier molecular flexibility index (Phi) is 4.60. The van der Waals surface area contributed by atoms with Gasteiger partial charge in [-0.25, -0.2) is 4.79 Å². The lowest BCUT2D eigenvalue weighted by molar-refractivity contribution is 0.0341. The van der Waals surface area contributed by atoms with Crippen molar-refractivity contribution < 1.29 is 14.3 Å². The topological polar surface area (TPSA) is 76.2 Å². The number of carbonyl (C=O) groups excluding carboxylic acids is 2. The molecular formula is C19H19NO4. The average Bonchev–Trinajstić information content (AvgIpc) is 2.55. The summed E-state index contributed by atoms with van der Waals surface area (Å²) in [5.74, 6) is -0.736. The summed E-state index contributed by atoms with van der Waals surface area (Å²) in [6, 6.07) is 11.0. The van der Waals surface area contributed by atoms with Gasteiger partial charge in [-0.1, -0.05) is 30.3 Å². The third-order valence-electron chi connectivity index (χ3n) is 4.15. The summed E-state index contributed by atoms with van der Waals surface area (Å²) in [5, 5.41) is 0. The van der Waals surface area contributed by atoms with Crippen LogP contribution in [0.3, 0.4) is 0 Å². The van der Waals surface area contributed by atoms with Crippen LogP contribution in [0.1, 0.15) is 51.7 Å². The molecule has 124 valence electrons. The van der Waals surface area contributed by atoms with E-state index in [0.29, 0.717) is 30.5 Å². The highest BCUT2D eigenvalue weighted by Crippen LogP contribution is 2.19. The minimum absolute atomic E-state index is 0.0427. The number of aromatic amines is 1. The van der Waals surface area contributed by atoms with Crippen LogP contribution in [-0.4, -0.2) is 22.8 Å². The molecule has 24 heavy (non-hydrogen) atoms. The quantitative estimate of drug-likeness (QED) is 0.877. The maximum absolute atomic E-state index is 12.3. The highest BCUT2D eigenvalue weighted by atomic mass is 16.5. The molecule has 1 atom stereocenters. The van der Waals surface area contributed by atoms with Crippen molar-refractivity contribution in [3.8, 4) is 0 Å². The van der Waals surface area contributed by atoms with E-state index in [9.17, 15) is 14.4 Å². The molecule has 1 aliphatic carbocycles. The zero-order chi connectivity index (χ0) is 17.1. The molecule has 2 aromatic rings. The van der Waals surface area contributed by atoms with Crippen LogP contribution in [0, 0.1) is 0 Å². The number of aryl methyl sites for hydroxylation is 1. The first kappa shape index (κ1) is 16.2. The molecule has 0 amide bonds. The van der Waals surface area contributed by atoms with E-state index in [1.165, 1.54) is 6.07 Å². The predicted molar refractivity (Wildman–Crippen MR) is 89.4 cm³/mol. The molecule has 0 saturated heterocycles. The standard InChI is InChI=1S/C19H19NO4/c1-12(10-13-6-3-2-4-7-13)24-19(23)15-11-14-16(20-18(15)22)8-5-9-17(14)21/h2-4,6-7,11-12H,5,8-10H2,1H3,(H,20,22)/t12-/m1/s1. The van der Waals surface area contributed by atoms with Gasteiger partial charge in [0.05, 0.1) is 0 Å². The first-order valence-electron chi connectivity index (χ1n) is 8.09. The highest BCUT2D eigenvalue weighted by molar-refractivity contribution is 6.00. The van der Waals surface area contributed by atoms with Crippen LogP contribution < -0.4 is 5.56 Å². The normalized spacial score (nSPS) is 14.8. The van der Waals surface area contributed by atoms with Crippen molar-refractivity contribution in [3.63, 3.8) is 0 Å². The maximum Gasteiger partial charge on any atom is 0.344 e. The Morgan fingerprint density at radius 2 is 1.96 bits per heavy atom. The van der Waals surface area contributed by atoms with E-state index in [1.54, 1.807) is 6.92 Å². The molecule has 0 saturated carbocycles. The number of ether oxygens (including phenoxy) is 1. The number of hydrogen-bond acceptors (Lipinski definition) is 4. The van der Waals surface area contributed by atoms with Crippen molar-refractivity contribution in [1.29, 1.82) is 0 Å². The number of hydrogen-bond donors (Lipinski definition) is 1. The Morgan fingerprint density at radius 3 is 2.71 bits per heavy atom. The molecule has 1 N–H and O–H groups in total. The van der Waals surface area contributed by atoms with Gasteiger partial charge in [-0.2, -0.15) is 0 Å². The number of Topliss-reactive ketones (excluding diaryl/α,β-unsaturated/α-hetero) is 1. The number of esters is 1. The second kappa shape index (κ2) is 6.83. The van der Waals surface area contributed by atoms with Crippen molar-refractivity contribution in [2.45, 2.75) is 38.7 Å². The molecule has 1 aliphatic rings. The summed E-state index contributed by atoms with van der Waals surface area (Å²) < 4.78 is 5.38. The first-order valence-corrected chi connectivity index (χ1v) is 8.09. The summed E-state index contributed by atoms with van der Waals surface area (Å²) >= 11 is 0. The number of benzene rings is 1. The molecule has 0 fully saturated rings. The fourth-order valence-electron chi connectivity index (χ4n) is 2.96. The molecule has 0 bridgehead atoms. The van der Waals surface area contributed by atoms with Crippen LogP contribution in [0.25, 0.3) is 0 Å². The zero-order valence-corrected chi connectivity index (χ0v) is 13.5. The fraction of sp³-hybridized carbons (Fsp3) is 0.316. The number of aromatic nitrogens is 1. The Morgan fingerprint density at radius 1 is 1.21 bits per heavy atom. The van der Waals surface area contributed by atoms with Crippen molar-refractivity contribution in [2.24, 2.45) is 0 Å². The number of fused-ring (bicyclic) bond motifs is 1. The van der Waals surface area contributed by atoms with Gasteiger partial charge in [0, 0.05) is 24.1 Å². The van der Waals surface area contributed by atoms with Crippen LogP contribution in [0.4, 0.5) is 0 Å². The average molecular weight is 325 g/mol. The van der Waals surface area contributed by atoms with Gasteiger partial charge >= 0.3 is 5.97 Å². The largest absolute Gasteiger partial charge is 0.459 e. The van der Waals surface area contributed by atoms with Gasteiger partial charge in [0.2, 0.25) is 0 Å². The Labute approximate surface area is 139 Å². The third-order valence-corrected chi connectivity index (χ3v) is 4.15. The zero-order valence-electron chi connectivity index (χ0n) is 13.5. The molecule has 5 nitrogen and oxygen atoms in total. The third kappa shape index (κ3) is 3.45. The van der Waals surface area contributed by atoms with Crippen LogP contribution in [0.5, 0.6) is 0 Å². The summed E-state index contributed by atoms with van der Waals surface area (Å²) in [5.41, 5.74) is 1.49. The smallest absolute Gasteiger partial charge is 0.344 e. The van der Waals surface area contributed by atoms with Crippen molar-refractivity contribution in [2.75, 3.05) is 0 Å². The van der Waals surface area contributed by atoms with Gasteiger partial charge < -0.3 is 9.72 Å². The molecule has 1 aromatic carbocycles. The molecule has 3 rings (SSSR count). The molecule has 0 aliphatic heterocycles. The van der Waals surface area contributed by atoms with Gasteiger partial charge in [-0.05, 0) is 31.4 Å². The molecular weight excluding hydrogens is 306 g/mol. The van der Waals surface area contributed by atoms with E-state index < -0.39 is 11.5 Å². The second-order valence-corrected chi connectivity index (χ2v) is 6.09. The maximum atomic E-state index is 12.3. The Hall–Kier alpha value is -2.69. The lowest BCUT2D eigenvalue weighted by atomic mass is 9.94. The van der Waals surface area contributed by atoms with E-state index in [0.717, 1.165) is 12.0 Å². The molecule has 0 radical (unpaired) electrons.